The minimum absolute atomic E-state index is 0.532. The van der Waals surface area contributed by atoms with Gasteiger partial charge in [-0.15, -0.1) is 0 Å². The van der Waals surface area contributed by atoms with Crippen molar-refractivity contribution in [2.45, 2.75) is 82.0 Å². The first kappa shape index (κ1) is 13.8. The monoisotopic (exact) mass is 266 g/mol. The number of rotatable bonds is 3. The number of nitrogens with one attached hydrogen (secondary N) is 1. The molecule has 0 spiro atoms. The molecule has 0 bridgehead atoms. The van der Waals surface area contributed by atoms with Crippen LogP contribution in [-0.4, -0.2) is 49.3 Å². The minimum Gasteiger partial charge on any atom is -0.381 e. The molecule has 2 heterocycles. The smallest absolute Gasteiger partial charge is 0.0572 e. The quantitative estimate of drug-likeness (QED) is 0.849. The molecule has 2 atom stereocenters. The van der Waals surface area contributed by atoms with Gasteiger partial charge in [-0.1, -0.05) is 6.42 Å². The zero-order valence-electron chi connectivity index (χ0n) is 12.4. The number of piperidine rings is 1. The van der Waals surface area contributed by atoms with Crippen LogP contribution < -0.4 is 5.32 Å². The lowest BCUT2D eigenvalue weighted by molar-refractivity contribution is 0.00849. The molecule has 2 unspecified atom stereocenters. The fourth-order valence-electron chi connectivity index (χ4n) is 4.52. The maximum absolute atomic E-state index is 5.52. The summed E-state index contributed by atoms with van der Waals surface area (Å²) in [6, 6.07) is 2.43. The fraction of sp³-hybridized carbons (Fsp3) is 1.00. The molecule has 2 saturated heterocycles. The van der Waals surface area contributed by atoms with Gasteiger partial charge in [0.1, 0.15) is 0 Å². The van der Waals surface area contributed by atoms with Crippen LogP contribution in [0.5, 0.6) is 0 Å². The summed E-state index contributed by atoms with van der Waals surface area (Å²) in [5, 5.41) is 3.75. The highest BCUT2D eigenvalue weighted by Gasteiger charge is 2.36. The van der Waals surface area contributed by atoms with E-state index in [1.165, 1.54) is 70.9 Å². The number of nitrogens with zero attached hydrogens (tertiary/aromatic N) is 1. The van der Waals surface area contributed by atoms with Crippen molar-refractivity contribution in [2.75, 3.05) is 20.2 Å². The van der Waals surface area contributed by atoms with E-state index >= 15 is 0 Å². The molecular weight excluding hydrogens is 236 g/mol. The molecule has 1 aliphatic carbocycles. The van der Waals surface area contributed by atoms with Crippen molar-refractivity contribution in [1.29, 1.82) is 0 Å². The molecule has 110 valence electrons. The molecular formula is C16H30N2O. The fourth-order valence-corrected chi connectivity index (χ4v) is 4.52. The Morgan fingerprint density at radius 3 is 2.47 bits per heavy atom. The van der Waals surface area contributed by atoms with Gasteiger partial charge >= 0.3 is 0 Å². The molecule has 0 aromatic heterocycles. The third kappa shape index (κ3) is 3.14. The van der Waals surface area contributed by atoms with Gasteiger partial charge in [0.05, 0.1) is 6.10 Å². The average molecular weight is 266 g/mol. The highest BCUT2D eigenvalue weighted by atomic mass is 16.5. The van der Waals surface area contributed by atoms with E-state index in [1.807, 2.05) is 7.11 Å². The van der Waals surface area contributed by atoms with Gasteiger partial charge in [-0.05, 0) is 64.5 Å². The number of hydrogen-bond acceptors (Lipinski definition) is 3. The maximum Gasteiger partial charge on any atom is 0.0572 e. The SMILES string of the molecule is COC1CCC(N2CCCCC2C2CCCN2)CC1. The molecule has 1 N–H and O–H groups in total. The summed E-state index contributed by atoms with van der Waals surface area (Å²) in [4.78, 5) is 2.87. The van der Waals surface area contributed by atoms with Crippen LogP contribution in [0, 0.1) is 0 Å². The van der Waals surface area contributed by atoms with Crippen molar-refractivity contribution in [3.8, 4) is 0 Å². The van der Waals surface area contributed by atoms with Gasteiger partial charge in [0.25, 0.3) is 0 Å². The standard InChI is InChI=1S/C16H30N2O/c1-19-14-9-7-13(8-10-14)18-12-3-2-6-16(18)15-5-4-11-17-15/h13-17H,2-12H2,1H3. The zero-order chi connectivity index (χ0) is 13.1. The molecule has 0 aromatic carbocycles. The molecule has 0 radical (unpaired) electrons. The van der Waals surface area contributed by atoms with E-state index in [0.717, 1.165) is 18.1 Å². The molecule has 2 aliphatic heterocycles. The van der Waals surface area contributed by atoms with Crippen molar-refractivity contribution in [1.82, 2.24) is 10.2 Å². The van der Waals surface area contributed by atoms with Crippen LogP contribution in [0.4, 0.5) is 0 Å². The molecule has 19 heavy (non-hydrogen) atoms. The molecule has 3 nitrogen and oxygen atoms in total. The Kier molecular flexibility index (Phi) is 4.78. The van der Waals surface area contributed by atoms with E-state index in [1.54, 1.807) is 0 Å². The van der Waals surface area contributed by atoms with Crippen LogP contribution in [0.2, 0.25) is 0 Å². The van der Waals surface area contributed by atoms with Crippen LogP contribution in [0.3, 0.4) is 0 Å². The predicted octanol–water partition coefficient (Wildman–Crippen LogP) is 2.55. The van der Waals surface area contributed by atoms with E-state index in [4.69, 9.17) is 4.74 Å². The maximum atomic E-state index is 5.52. The Bertz CT molecular complexity index is 270. The summed E-state index contributed by atoms with van der Waals surface area (Å²) < 4.78 is 5.52. The van der Waals surface area contributed by atoms with Crippen LogP contribution in [0.25, 0.3) is 0 Å². The molecule has 0 aromatic rings. The summed E-state index contributed by atoms with van der Waals surface area (Å²) in [6.45, 7) is 2.58. The number of hydrogen-bond donors (Lipinski definition) is 1. The van der Waals surface area contributed by atoms with E-state index in [-0.39, 0.29) is 0 Å². The van der Waals surface area contributed by atoms with Crippen molar-refractivity contribution in [2.24, 2.45) is 0 Å². The van der Waals surface area contributed by atoms with E-state index in [9.17, 15) is 0 Å². The zero-order valence-corrected chi connectivity index (χ0v) is 12.4. The Balaban J connectivity index is 1.60. The number of methoxy groups -OCH3 is 1. The molecule has 3 aliphatic rings. The van der Waals surface area contributed by atoms with Gasteiger partial charge in [0.2, 0.25) is 0 Å². The number of likely N-dealkylation sites (tertiary alicyclic amines) is 1. The van der Waals surface area contributed by atoms with Crippen LogP contribution >= 0.6 is 0 Å². The Hall–Kier alpha value is -0.120. The van der Waals surface area contributed by atoms with Gasteiger partial charge in [-0.3, -0.25) is 4.90 Å². The highest BCUT2D eigenvalue weighted by Crippen LogP contribution is 2.32. The first-order chi connectivity index (χ1) is 9.38. The first-order valence-electron chi connectivity index (χ1n) is 8.40. The third-order valence-electron chi connectivity index (χ3n) is 5.60. The second-order valence-corrected chi connectivity index (χ2v) is 6.67. The van der Waals surface area contributed by atoms with Gasteiger partial charge < -0.3 is 10.1 Å². The highest BCUT2D eigenvalue weighted by molar-refractivity contribution is 4.94. The lowest BCUT2D eigenvalue weighted by Crippen LogP contribution is -2.55. The minimum atomic E-state index is 0.532. The lowest BCUT2D eigenvalue weighted by Gasteiger charge is -2.46. The average Bonchev–Trinajstić information content (AvgIpc) is 3.01. The Morgan fingerprint density at radius 2 is 1.79 bits per heavy atom. The van der Waals surface area contributed by atoms with Crippen molar-refractivity contribution < 1.29 is 4.74 Å². The summed E-state index contributed by atoms with van der Waals surface area (Å²) in [6.07, 6.45) is 12.8. The lowest BCUT2D eigenvalue weighted by atomic mass is 9.86. The summed E-state index contributed by atoms with van der Waals surface area (Å²) in [5.41, 5.74) is 0. The molecule has 3 heteroatoms. The Morgan fingerprint density at radius 1 is 0.947 bits per heavy atom. The number of ether oxygens (including phenoxy) is 1. The largest absolute Gasteiger partial charge is 0.381 e. The molecule has 3 rings (SSSR count). The van der Waals surface area contributed by atoms with E-state index in [0.29, 0.717) is 6.10 Å². The van der Waals surface area contributed by atoms with Crippen molar-refractivity contribution >= 4 is 0 Å². The third-order valence-corrected chi connectivity index (χ3v) is 5.60. The summed E-state index contributed by atoms with van der Waals surface area (Å²) in [5.74, 6) is 0. The molecule has 1 saturated carbocycles. The van der Waals surface area contributed by atoms with E-state index in [2.05, 4.69) is 10.2 Å². The van der Waals surface area contributed by atoms with Gasteiger partial charge in [-0.25, -0.2) is 0 Å². The van der Waals surface area contributed by atoms with Crippen LogP contribution in [-0.2, 0) is 4.74 Å². The van der Waals surface area contributed by atoms with Crippen LogP contribution in [0.15, 0.2) is 0 Å². The van der Waals surface area contributed by atoms with E-state index < -0.39 is 0 Å². The normalized spacial score (nSPS) is 41.5. The Labute approximate surface area is 118 Å². The second-order valence-electron chi connectivity index (χ2n) is 6.67. The summed E-state index contributed by atoms with van der Waals surface area (Å²) >= 11 is 0. The predicted molar refractivity (Wildman–Crippen MR) is 78.4 cm³/mol. The van der Waals surface area contributed by atoms with Crippen molar-refractivity contribution in [3.63, 3.8) is 0 Å². The topological polar surface area (TPSA) is 24.5 Å². The van der Waals surface area contributed by atoms with Gasteiger partial charge in [0, 0.05) is 25.2 Å². The van der Waals surface area contributed by atoms with Gasteiger partial charge in [-0.2, -0.15) is 0 Å². The first-order valence-corrected chi connectivity index (χ1v) is 8.40. The molecule has 3 fully saturated rings. The second kappa shape index (κ2) is 6.55. The molecule has 0 amide bonds. The van der Waals surface area contributed by atoms with Crippen molar-refractivity contribution in [3.05, 3.63) is 0 Å². The summed E-state index contributed by atoms with van der Waals surface area (Å²) in [7, 11) is 1.87. The van der Waals surface area contributed by atoms with Crippen LogP contribution in [0.1, 0.15) is 57.8 Å². The van der Waals surface area contributed by atoms with Gasteiger partial charge in [0.15, 0.2) is 0 Å².